The highest BCUT2D eigenvalue weighted by atomic mass is 16.6. The Morgan fingerprint density at radius 3 is 2.55 bits per heavy atom. The second-order valence-corrected chi connectivity index (χ2v) is 5.30. The zero-order valence-corrected chi connectivity index (χ0v) is 12.0. The van der Waals surface area contributed by atoms with Crippen LogP contribution < -0.4 is 0 Å². The van der Waals surface area contributed by atoms with Crippen LogP contribution in [0.25, 0.3) is 0 Å². The van der Waals surface area contributed by atoms with Gasteiger partial charge in [0.25, 0.3) is 0 Å². The van der Waals surface area contributed by atoms with E-state index in [9.17, 15) is 15.0 Å². The molecule has 0 unspecified atom stereocenters. The summed E-state index contributed by atoms with van der Waals surface area (Å²) >= 11 is 0. The van der Waals surface area contributed by atoms with Gasteiger partial charge in [0.15, 0.2) is 6.29 Å². The van der Waals surface area contributed by atoms with Crippen LogP contribution >= 0.6 is 0 Å². The Kier molecular flexibility index (Phi) is 4.09. The number of ether oxygens (including phenoxy) is 1. The summed E-state index contributed by atoms with van der Waals surface area (Å²) in [5.74, 6) is 0. The summed E-state index contributed by atoms with van der Waals surface area (Å²) in [6.45, 7) is 1.14. The van der Waals surface area contributed by atoms with Crippen molar-refractivity contribution in [2.24, 2.45) is 0 Å². The SMILES string of the molecule is O=C(OCc1ccccc1)N1Cc2ccc(C(O)O)cc2C1. The zero-order valence-electron chi connectivity index (χ0n) is 12.0. The van der Waals surface area contributed by atoms with E-state index in [1.54, 1.807) is 17.0 Å². The summed E-state index contributed by atoms with van der Waals surface area (Å²) in [6, 6.07) is 14.7. The number of carbonyl (C=O) groups is 1. The van der Waals surface area contributed by atoms with Crippen molar-refractivity contribution in [1.29, 1.82) is 0 Å². The molecular weight excluding hydrogens is 282 g/mol. The molecule has 2 N–H and O–H groups in total. The van der Waals surface area contributed by atoms with Gasteiger partial charge in [-0.05, 0) is 22.8 Å². The third-order valence-corrected chi connectivity index (χ3v) is 3.71. The monoisotopic (exact) mass is 299 g/mol. The van der Waals surface area contributed by atoms with E-state index >= 15 is 0 Å². The van der Waals surface area contributed by atoms with Gasteiger partial charge < -0.3 is 14.9 Å². The summed E-state index contributed by atoms with van der Waals surface area (Å²) < 4.78 is 5.31. The van der Waals surface area contributed by atoms with Crippen molar-refractivity contribution in [3.63, 3.8) is 0 Å². The van der Waals surface area contributed by atoms with E-state index < -0.39 is 6.29 Å². The molecule has 3 rings (SSSR count). The van der Waals surface area contributed by atoms with Crippen LogP contribution in [0.1, 0.15) is 28.5 Å². The third-order valence-electron chi connectivity index (χ3n) is 3.71. The maximum absolute atomic E-state index is 12.1. The first-order valence-corrected chi connectivity index (χ1v) is 7.07. The lowest BCUT2D eigenvalue weighted by molar-refractivity contribution is -0.0425. The Labute approximate surface area is 128 Å². The highest BCUT2D eigenvalue weighted by Crippen LogP contribution is 2.26. The molecule has 2 aromatic carbocycles. The topological polar surface area (TPSA) is 70.0 Å². The van der Waals surface area contributed by atoms with Crippen LogP contribution in [0.4, 0.5) is 4.79 Å². The van der Waals surface area contributed by atoms with Crippen LogP contribution in [0.5, 0.6) is 0 Å². The summed E-state index contributed by atoms with van der Waals surface area (Å²) in [5, 5.41) is 18.4. The van der Waals surface area contributed by atoms with Gasteiger partial charge in [-0.2, -0.15) is 0 Å². The van der Waals surface area contributed by atoms with Crippen LogP contribution in [0.15, 0.2) is 48.5 Å². The Morgan fingerprint density at radius 1 is 1.09 bits per heavy atom. The molecule has 1 heterocycles. The molecule has 0 spiro atoms. The Morgan fingerprint density at radius 2 is 1.82 bits per heavy atom. The maximum atomic E-state index is 12.1. The average Bonchev–Trinajstić information content (AvgIpc) is 2.96. The number of rotatable bonds is 3. The minimum absolute atomic E-state index is 0.243. The molecule has 5 nitrogen and oxygen atoms in total. The second-order valence-electron chi connectivity index (χ2n) is 5.30. The quantitative estimate of drug-likeness (QED) is 0.853. The van der Waals surface area contributed by atoms with Gasteiger partial charge in [-0.3, -0.25) is 4.90 Å². The normalized spacial score (nSPS) is 13.3. The number of hydrogen-bond donors (Lipinski definition) is 2. The lowest BCUT2D eigenvalue weighted by atomic mass is 10.1. The number of carbonyl (C=O) groups excluding carboxylic acids is 1. The molecule has 0 aromatic heterocycles. The van der Waals surface area contributed by atoms with Crippen LogP contribution in [-0.4, -0.2) is 21.2 Å². The van der Waals surface area contributed by atoms with Crippen LogP contribution in [0.3, 0.4) is 0 Å². The lowest BCUT2D eigenvalue weighted by Crippen LogP contribution is -2.25. The first-order chi connectivity index (χ1) is 10.6. The van der Waals surface area contributed by atoms with E-state index in [4.69, 9.17) is 4.74 Å². The van der Waals surface area contributed by atoms with Gasteiger partial charge in [0.1, 0.15) is 6.61 Å². The first-order valence-electron chi connectivity index (χ1n) is 7.07. The van der Waals surface area contributed by atoms with Gasteiger partial charge in [-0.25, -0.2) is 4.79 Å². The van der Waals surface area contributed by atoms with E-state index in [1.807, 2.05) is 36.4 Å². The second kappa shape index (κ2) is 6.17. The van der Waals surface area contributed by atoms with Crippen molar-refractivity contribution in [2.75, 3.05) is 0 Å². The smallest absolute Gasteiger partial charge is 0.410 e. The molecule has 1 aliphatic heterocycles. The number of hydrogen-bond acceptors (Lipinski definition) is 4. The molecule has 0 fully saturated rings. The third kappa shape index (κ3) is 3.10. The molecule has 1 aliphatic rings. The van der Waals surface area contributed by atoms with Crippen molar-refractivity contribution in [2.45, 2.75) is 26.0 Å². The van der Waals surface area contributed by atoms with Gasteiger partial charge in [-0.1, -0.05) is 42.5 Å². The van der Waals surface area contributed by atoms with Gasteiger partial charge in [0.05, 0.1) is 0 Å². The zero-order chi connectivity index (χ0) is 15.5. The van der Waals surface area contributed by atoms with Crippen LogP contribution in [-0.2, 0) is 24.4 Å². The minimum Gasteiger partial charge on any atom is -0.445 e. The standard InChI is InChI=1S/C17H17NO4/c19-16(20)13-6-7-14-9-18(10-15(14)8-13)17(21)22-11-12-4-2-1-3-5-12/h1-8,16,19-20H,9-11H2. The largest absolute Gasteiger partial charge is 0.445 e. The van der Waals surface area contributed by atoms with E-state index in [0.29, 0.717) is 18.7 Å². The predicted octanol–water partition coefficient (Wildman–Crippen LogP) is 2.32. The Bertz CT molecular complexity index is 670. The van der Waals surface area contributed by atoms with Crippen molar-refractivity contribution >= 4 is 6.09 Å². The van der Waals surface area contributed by atoms with E-state index in [1.165, 1.54) is 0 Å². The maximum Gasteiger partial charge on any atom is 0.410 e. The molecule has 0 radical (unpaired) electrons. The van der Waals surface area contributed by atoms with E-state index in [0.717, 1.165) is 16.7 Å². The van der Waals surface area contributed by atoms with Crippen molar-refractivity contribution < 1.29 is 19.7 Å². The van der Waals surface area contributed by atoms with Crippen LogP contribution in [0.2, 0.25) is 0 Å². The first kappa shape index (κ1) is 14.6. The number of benzene rings is 2. The molecule has 0 atom stereocenters. The van der Waals surface area contributed by atoms with Gasteiger partial charge in [0.2, 0.25) is 0 Å². The number of aliphatic hydroxyl groups is 2. The van der Waals surface area contributed by atoms with Crippen molar-refractivity contribution in [3.05, 3.63) is 70.8 Å². The van der Waals surface area contributed by atoms with Crippen molar-refractivity contribution in [1.82, 2.24) is 4.90 Å². The summed E-state index contributed by atoms with van der Waals surface area (Å²) in [4.78, 5) is 13.7. The summed E-state index contributed by atoms with van der Waals surface area (Å²) in [7, 11) is 0. The summed E-state index contributed by atoms with van der Waals surface area (Å²) in [5.41, 5.74) is 3.29. The highest BCUT2D eigenvalue weighted by Gasteiger charge is 2.25. The fourth-order valence-electron chi connectivity index (χ4n) is 2.51. The van der Waals surface area contributed by atoms with Gasteiger partial charge >= 0.3 is 6.09 Å². The minimum atomic E-state index is -1.50. The molecular formula is C17H17NO4. The summed E-state index contributed by atoms with van der Waals surface area (Å²) in [6.07, 6.45) is -1.87. The number of nitrogens with zero attached hydrogens (tertiary/aromatic N) is 1. The van der Waals surface area contributed by atoms with E-state index in [-0.39, 0.29) is 12.7 Å². The molecule has 0 saturated heterocycles. The average molecular weight is 299 g/mol. The fourth-order valence-corrected chi connectivity index (χ4v) is 2.51. The number of amides is 1. The number of fused-ring (bicyclic) bond motifs is 1. The Balaban J connectivity index is 1.61. The van der Waals surface area contributed by atoms with Crippen LogP contribution in [0, 0.1) is 0 Å². The fraction of sp³-hybridized carbons (Fsp3) is 0.235. The van der Waals surface area contributed by atoms with E-state index in [2.05, 4.69) is 0 Å². The molecule has 0 saturated carbocycles. The molecule has 22 heavy (non-hydrogen) atoms. The molecule has 5 heteroatoms. The molecule has 2 aromatic rings. The van der Waals surface area contributed by atoms with Gasteiger partial charge in [0, 0.05) is 18.7 Å². The molecule has 1 amide bonds. The molecule has 0 aliphatic carbocycles. The predicted molar refractivity (Wildman–Crippen MR) is 79.5 cm³/mol. The van der Waals surface area contributed by atoms with Crippen molar-refractivity contribution in [3.8, 4) is 0 Å². The number of aliphatic hydroxyl groups excluding tert-OH is 1. The molecule has 114 valence electrons. The molecule has 0 bridgehead atoms. The van der Waals surface area contributed by atoms with Gasteiger partial charge in [-0.15, -0.1) is 0 Å². The Hall–Kier alpha value is -2.37. The lowest BCUT2D eigenvalue weighted by Gasteiger charge is -2.15. The highest BCUT2D eigenvalue weighted by molar-refractivity contribution is 5.69.